The largest absolute Gasteiger partial charge is 0.366 e. The van der Waals surface area contributed by atoms with Gasteiger partial charge < -0.3 is 10.7 Å². The summed E-state index contributed by atoms with van der Waals surface area (Å²) >= 11 is 0. The minimum Gasteiger partial charge on any atom is -0.366 e. The Morgan fingerprint density at radius 2 is 2.31 bits per heavy atom. The molecule has 70 valence electrons. The van der Waals surface area contributed by atoms with E-state index in [0.29, 0.717) is 5.57 Å². The third-order valence-electron chi connectivity index (χ3n) is 1.13. The van der Waals surface area contributed by atoms with E-state index in [4.69, 9.17) is 5.73 Å². The molecular weight excluding hydrogens is 166 g/mol. The Hall–Kier alpha value is -1.84. The van der Waals surface area contributed by atoms with Crippen LogP contribution in [-0.4, -0.2) is 15.9 Å². The predicted molar refractivity (Wildman–Crippen MR) is 52.7 cm³/mol. The van der Waals surface area contributed by atoms with E-state index < -0.39 is 5.91 Å². The Labute approximate surface area is 77.2 Å². The SMILES string of the molecule is C=C(C)C(N)=O.C=Cc1ncc[nH]1. The van der Waals surface area contributed by atoms with Gasteiger partial charge in [0.1, 0.15) is 5.82 Å². The highest BCUT2D eigenvalue weighted by molar-refractivity contribution is 5.90. The summed E-state index contributed by atoms with van der Waals surface area (Å²) in [5.41, 5.74) is 5.09. The predicted octanol–water partition coefficient (Wildman–Crippen LogP) is 1.10. The van der Waals surface area contributed by atoms with Crippen molar-refractivity contribution in [2.45, 2.75) is 6.92 Å². The molecule has 0 spiro atoms. The summed E-state index contributed by atoms with van der Waals surface area (Å²) < 4.78 is 0. The molecule has 1 heterocycles. The Morgan fingerprint density at radius 3 is 2.46 bits per heavy atom. The lowest BCUT2D eigenvalue weighted by Crippen LogP contribution is -2.10. The Kier molecular flexibility index (Phi) is 4.95. The summed E-state index contributed by atoms with van der Waals surface area (Å²) in [4.78, 5) is 16.5. The summed E-state index contributed by atoms with van der Waals surface area (Å²) in [6, 6.07) is 0. The number of carbonyl (C=O) groups is 1. The molecule has 0 fully saturated rings. The minimum atomic E-state index is -0.435. The Balaban J connectivity index is 0.000000226. The second-order valence-electron chi connectivity index (χ2n) is 2.32. The monoisotopic (exact) mass is 179 g/mol. The van der Waals surface area contributed by atoms with Gasteiger partial charge in [0.25, 0.3) is 0 Å². The molecule has 13 heavy (non-hydrogen) atoms. The van der Waals surface area contributed by atoms with Crippen molar-refractivity contribution in [2.24, 2.45) is 5.73 Å². The van der Waals surface area contributed by atoms with Crippen LogP contribution in [-0.2, 0) is 4.79 Å². The fourth-order valence-electron chi connectivity index (χ4n) is 0.389. The van der Waals surface area contributed by atoms with Crippen LogP contribution in [0.3, 0.4) is 0 Å². The number of carbonyl (C=O) groups excluding carboxylic acids is 1. The average Bonchev–Trinajstić information content (AvgIpc) is 2.56. The second-order valence-corrected chi connectivity index (χ2v) is 2.32. The molecule has 0 atom stereocenters. The first-order valence-electron chi connectivity index (χ1n) is 3.65. The number of hydrogen-bond acceptors (Lipinski definition) is 2. The number of primary amides is 1. The summed E-state index contributed by atoms with van der Waals surface area (Å²) in [5, 5.41) is 0. The zero-order valence-electron chi connectivity index (χ0n) is 7.58. The van der Waals surface area contributed by atoms with Crippen LogP contribution in [0.2, 0.25) is 0 Å². The van der Waals surface area contributed by atoms with Gasteiger partial charge >= 0.3 is 0 Å². The van der Waals surface area contributed by atoms with E-state index in [1.807, 2.05) is 0 Å². The summed E-state index contributed by atoms with van der Waals surface area (Å²) in [7, 11) is 0. The molecule has 0 saturated carbocycles. The van der Waals surface area contributed by atoms with E-state index in [0.717, 1.165) is 5.82 Å². The standard InChI is InChI=1S/C5H6N2.C4H7NO/c1-2-5-6-3-4-7-5;1-3(2)4(5)6/h2-4H,1H2,(H,6,7);1H2,2H3,(H2,5,6). The topological polar surface area (TPSA) is 71.8 Å². The zero-order chi connectivity index (χ0) is 10.3. The quantitative estimate of drug-likeness (QED) is 0.667. The van der Waals surface area contributed by atoms with Crippen LogP contribution in [0.4, 0.5) is 0 Å². The number of H-pyrrole nitrogens is 1. The number of nitrogens with two attached hydrogens (primary N) is 1. The van der Waals surface area contributed by atoms with E-state index in [1.54, 1.807) is 25.4 Å². The van der Waals surface area contributed by atoms with Crippen LogP contribution < -0.4 is 5.73 Å². The lowest BCUT2D eigenvalue weighted by molar-refractivity contribution is -0.114. The molecule has 1 amide bonds. The minimum absolute atomic E-state index is 0.398. The van der Waals surface area contributed by atoms with Gasteiger partial charge in [0.15, 0.2) is 0 Å². The number of imidazole rings is 1. The highest BCUT2D eigenvalue weighted by atomic mass is 16.1. The molecule has 0 aliphatic carbocycles. The Bertz CT molecular complexity index is 276. The van der Waals surface area contributed by atoms with Gasteiger partial charge in [-0.3, -0.25) is 4.79 Å². The van der Waals surface area contributed by atoms with Crippen LogP contribution in [0, 0.1) is 0 Å². The average molecular weight is 179 g/mol. The molecule has 0 radical (unpaired) electrons. The van der Waals surface area contributed by atoms with E-state index in [1.165, 1.54) is 0 Å². The van der Waals surface area contributed by atoms with Gasteiger partial charge in [-0.15, -0.1) is 0 Å². The number of amides is 1. The van der Waals surface area contributed by atoms with Crippen molar-refractivity contribution in [1.29, 1.82) is 0 Å². The van der Waals surface area contributed by atoms with Crippen molar-refractivity contribution < 1.29 is 4.79 Å². The fraction of sp³-hybridized carbons (Fsp3) is 0.111. The number of nitrogens with zero attached hydrogens (tertiary/aromatic N) is 1. The molecule has 0 bridgehead atoms. The molecule has 0 saturated heterocycles. The summed E-state index contributed by atoms with van der Waals surface area (Å²) in [6.45, 7) is 8.36. The maximum atomic E-state index is 9.82. The molecule has 0 unspecified atom stereocenters. The van der Waals surface area contributed by atoms with E-state index in [-0.39, 0.29) is 0 Å². The van der Waals surface area contributed by atoms with Crippen LogP contribution in [0.15, 0.2) is 31.1 Å². The van der Waals surface area contributed by atoms with Crippen molar-refractivity contribution in [3.8, 4) is 0 Å². The molecular formula is C9H13N3O. The number of rotatable bonds is 2. The van der Waals surface area contributed by atoms with Gasteiger partial charge in [-0.1, -0.05) is 13.2 Å². The van der Waals surface area contributed by atoms with Crippen LogP contribution >= 0.6 is 0 Å². The smallest absolute Gasteiger partial charge is 0.243 e. The maximum Gasteiger partial charge on any atom is 0.243 e. The molecule has 1 aromatic heterocycles. The number of aromatic amines is 1. The number of aromatic nitrogens is 2. The molecule has 4 heteroatoms. The van der Waals surface area contributed by atoms with Gasteiger partial charge in [-0.2, -0.15) is 0 Å². The van der Waals surface area contributed by atoms with Crippen LogP contribution in [0.1, 0.15) is 12.7 Å². The highest BCUT2D eigenvalue weighted by Gasteiger charge is 1.86. The van der Waals surface area contributed by atoms with Crippen molar-refractivity contribution >= 4 is 12.0 Å². The molecule has 3 N–H and O–H groups in total. The lowest BCUT2D eigenvalue weighted by Gasteiger charge is -1.81. The first-order valence-corrected chi connectivity index (χ1v) is 3.65. The maximum absolute atomic E-state index is 9.82. The zero-order valence-corrected chi connectivity index (χ0v) is 7.58. The number of nitrogens with one attached hydrogen (secondary N) is 1. The molecule has 1 rings (SSSR count). The molecule has 0 aliphatic heterocycles. The van der Waals surface area contributed by atoms with E-state index >= 15 is 0 Å². The first-order chi connectivity index (χ1) is 6.07. The van der Waals surface area contributed by atoms with Gasteiger partial charge in [-0.25, -0.2) is 4.98 Å². The van der Waals surface area contributed by atoms with Crippen molar-refractivity contribution in [3.05, 3.63) is 36.9 Å². The van der Waals surface area contributed by atoms with Crippen LogP contribution in [0.5, 0.6) is 0 Å². The van der Waals surface area contributed by atoms with Crippen molar-refractivity contribution in [2.75, 3.05) is 0 Å². The molecule has 4 nitrogen and oxygen atoms in total. The summed E-state index contributed by atoms with van der Waals surface area (Å²) in [5.74, 6) is 0.384. The van der Waals surface area contributed by atoms with Crippen LogP contribution in [0.25, 0.3) is 6.08 Å². The summed E-state index contributed by atoms with van der Waals surface area (Å²) in [6.07, 6.45) is 5.12. The molecule has 0 aliphatic rings. The van der Waals surface area contributed by atoms with E-state index in [9.17, 15) is 4.79 Å². The first kappa shape index (κ1) is 11.2. The second kappa shape index (κ2) is 5.77. The lowest BCUT2D eigenvalue weighted by atomic mass is 10.3. The molecule has 1 aromatic rings. The van der Waals surface area contributed by atoms with Gasteiger partial charge in [-0.05, 0) is 13.0 Å². The van der Waals surface area contributed by atoms with Gasteiger partial charge in [0, 0.05) is 18.0 Å². The third-order valence-corrected chi connectivity index (χ3v) is 1.13. The normalized spacial score (nSPS) is 8.08. The highest BCUT2D eigenvalue weighted by Crippen LogP contribution is 1.86. The van der Waals surface area contributed by atoms with Gasteiger partial charge in [0.2, 0.25) is 5.91 Å². The Morgan fingerprint density at radius 1 is 1.77 bits per heavy atom. The van der Waals surface area contributed by atoms with E-state index in [2.05, 4.69) is 23.1 Å². The van der Waals surface area contributed by atoms with Gasteiger partial charge in [0.05, 0.1) is 0 Å². The third kappa shape index (κ3) is 5.43. The number of hydrogen-bond donors (Lipinski definition) is 2. The molecule has 0 aromatic carbocycles. The van der Waals surface area contributed by atoms with Crippen molar-refractivity contribution in [3.63, 3.8) is 0 Å². The van der Waals surface area contributed by atoms with Crippen molar-refractivity contribution in [1.82, 2.24) is 9.97 Å². The fourth-order valence-corrected chi connectivity index (χ4v) is 0.389.